The van der Waals surface area contributed by atoms with Crippen LogP contribution in [-0.2, 0) is 6.54 Å². The molecule has 1 heterocycles. The minimum absolute atomic E-state index is 0.543. The van der Waals surface area contributed by atoms with Crippen LogP contribution in [0, 0.1) is 0 Å². The molecule has 2 rings (SSSR count). The fourth-order valence-electron chi connectivity index (χ4n) is 1.53. The van der Waals surface area contributed by atoms with Gasteiger partial charge in [-0.05, 0) is 24.3 Å². The first-order valence-electron chi connectivity index (χ1n) is 5.71. The molecule has 1 aromatic heterocycles. The van der Waals surface area contributed by atoms with E-state index in [4.69, 9.17) is 11.6 Å². The summed E-state index contributed by atoms with van der Waals surface area (Å²) in [5.74, 6) is -0.892. The monoisotopic (exact) mass is 337 g/mol. The summed E-state index contributed by atoms with van der Waals surface area (Å²) in [6, 6.07) is 10.7. The van der Waals surface area contributed by atoms with E-state index in [1.165, 1.54) is 11.3 Å². The molecule has 0 aliphatic heterocycles. The molecule has 0 radical (unpaired) electrons. The van der Waals surface area contributed by atoms with Crippen molar-refractivity contribution in [3.8, 4) is 0 Å². The molecule has 0 atom stereocenters. The first-order chi connectivity index (χ1) is 9.44. The molecule has 0 aliphatic rings. The summed E-state index contributed by atoms with van der Waals surface area (Å²) in [5, 5.41) is 3.14. The lowest BCUT2D eigenvalue weighted by molar-refractivity contribution is -0.105. The van der Waals surface area contributed by atoms with Crippen molar-refractivity contribution < 1.29 is 13.2 Å². The molecule has 0 unspecified atom stereocenters. The summed E-state index contributed by atoms with van der Waals surface area (Å²) in [6.45, 7) is 0.543. The molecule has 0 saturated carbocycles. The third-order valence-electron chi connectivity index (χ3n) is 2.36. The van der Waals surface area contributed by atoms with Crippen molar-refractivity contribution in [1.82, 2.24) is 0 Å². The normalized spacial score (nSPS) is 11.6. The molecule has 1 N–H and O–H groups in total. The molecular formula is C13H11ClF3NS2. The summed E-state index contributed by atoms with van der Waals surface area (Å²) in [6.07, 6.45) is -4.17. The Kier molecular flexibility index (Phi) is 5.23. The summed E-state index contributed by atoms with van der Waals surface area (Å²) < 4.78 is 37.5. The molecule has 0 bridgehead atoms. The predicted octanol–water partition coefficient (Wildman–Crippen LogP) is 5.67. The lowest BCUT2D eigenvalue weighted by Crippen LogP contribution is -2.10. The number of thiophene rings is 1. The van der Waals surface area contributed by atoms with Crippen LogP contribution in [0.15, 0.2) is 41.3 Å². The molecule has 0 fully saturated rings. The van der Waals surface area contributed by atoms with E-state index in [1.54, 1.807) is 30.3 Å². The largest absolute Gasteiger partial charge is 0.398 e. The average molecular weight is 338 g/mol. The van der Waals surface area contributed by atoms with Gasteiger partial charge < -0.3 is 5.32 Å². The number of halogens is 4. The van der Waals surface area contributed by atoms with Crippen molar-refractivity contribution in [1.29, 1.82) is 0 Å². The Balaban J connectivity index is 2.00. The molecule has 7 heteroatoms. The van der Waals surface area contributed by atoms with E-state index in [0.29, 0.717) is 21.5 Å². The Morgan fingerprint density at radius 3 is 2.55 bits per heavy atom. The Morgan fingerprint density at radius 2 is 1.90 bits per heavy atom. The molecule has 0 saturated heterocycles. The minimum atomic E-state index is -4.17. The number of rotatable bonds is 5. The van der Waals surface area contributed by atoms with Gasteiger partial charge in [-0.1, -0.05) is 23.7 Å². The van der Waals surface area contributed by atoms with Gasteiger partial charge in [-0.25, -0.2) is 0 Å². The Labute approximate surface area is 128 Å². The summed E-state index contributed by atoms with van der Waals surface area (Å²) in [5.41, 5.74) is 0.700. The lowest BCUT2D eigenvalue weighted by Gasteiger charge is -2.12. The van der Waals surface area contributed by atoms with E-state index in [0.717, 1.165) is 16.6 Å². The Morgan fingerprint density at radius 1 is 1.15 bits per heavy atom. The van der Waals surface area contributed by atoms with Crippen molar-refractivity contribution in [3.63, 3.8) is 0 Å². The number of benzene rings is 1. The standard InChI is InChI=1S/C13H11ClF3NS2/c14-12-6-5-9(20-12)7-18-10-3-1-2-4-11(10)19-8-13(15,16)17/h1-6,18H,7-8H2. The molecular weight excluding hydrogens is 327 g/mol. The highest BCUT2D eigenvalue weighted by Crippen LogP contribution is 2.32. The fraction of sp³-hybridized carbons (Fsp3) is 0.231. The quantitative estimate of drug-likeness (QED) is 0.706. The zero-order chi connectivity index (χ0) is 14.6. The van der Waals surface area contributed by atoms with Crippen LogP contribution in [0.1, 0.15) is 4.88 Å². The van der Waals surface area contributed by atoms with Gasteiger partial charge in [0, 0.05) is 22.0 Å². The van der Waals surface area contributed by atoms with Gasteiger partial charge in [-0.3, -0.25) is 0 Å². The number of anilines is 1. The van der Waals surface area contributed by atoms with Gasteiger partial charge in [0.15, 0.2) is 0 Å². The number of thioether (sulfide) groups is 1. The first-order valence-corrected chi connectivity index (χ1v) is 7.89. The van der Waals surface area contributed by atoms with Crippen LogP contribution in [0.2, 0.25) is 4.34 Å². The summed E-state index contributed by atoms with van der Waals surface area (Å²) in [4.78, 5) is 1.62. The van der Waals surface area contributed by atoms with E-state index in [-0.39, 0.29) is 0 Å². The molecule has 0 spiro atoms. The molecule has 2 aromatic rings. The zero-order valence-corrected chi connectivity index (χ0v) is 12.6. The van der Waals surface area contributed by atoms with E-state index in [2.05, 4.69) is 5.32 Å². The molecule has 1 nitrogen and oxygen atoms in total. The van der Waals surface area contributed by atoms with Crippen molar-refractivity contribution in [2.75, 3.05) is 11.1 Å². The van der Waals surface area contributed by atoms with Gasteiger partial charge >= 0.3 is 6.18 Å². The van der Waals surface area contributed by atoms with Crippen LogP contribution >= 0.6 is 34.7 Å². The van der Waals surface area contributed by atoms with E-state index in [9.17, 15) is 13.2 Å². The highest BCUT2D eigenvalue weighted by atomic mass is 35.5. The minimum Gasteiger partial charge on any atom is -0.379 e. The van der Waals surface area contributed by atoms with E-state index >= 15 is 0 Å². The predicted molar refractivity (Wildman–Crippen MR) is 79.9 cm³/mol. The third kappa shape index (κ3) is 4.92. The number of hydrogen-bond acceptors (Lipinski definition) is 3. The SMILES string of the molecule is FC(F)(F)CSc1ccccc1NCc1ccc(Cl)s1. The molecule has 20 heavy (non-hydrogen) atoms. The zero-order valence-electron chi connectivity index (χ0n) is 10.2. The maximum absolute atomic E-state index is 12.3. The first kappa shape index (κ1) is 15.5. The summed E-state index contributed by atoms with van der Waals surface area (Å²) >= 11 is 8.07. The number of nitrogens with one attached hydrogen (secondary N) is 1. The fourth-order valence-corrected chi connectivity index (χ4v) is 3.34. The van der Waals surface area contributed by atoms with Gasteiger partial charge in [0.2, 0.25) is 0 Å². The van der Waals surface area contributed by atoms with Gasteiger partial charge in [0.05, 0.1) is 10.1 Å². The van der Waals surface area contributed by atoms with Crippen LogP contribution in [0.3, 0.4) is 0 Å². The second-order valence-corrected chi connectivity index (χ2v) is 6.78. The van der Waals surface area contributed by atoms with Crippen LogP contribution in [0.5, 0.6) is 0 Å². The molecule has 108 valence electrons. The van der Waals surface area contributed by atoms with Crippen molar-refractivity contribution >= 4 is 40.4 Å². The smallest absolute Gasteiger partial charge is 0.379 e. The topological polar surface area (TPSA) is 12.0 Å². The van der Waals surface area contributed by atoms with Crippen LogP contribution in [0.25, 0.3) is 0 Å². The lowest BCUT2D eigenvalue weighted by atomic mass is 10.3. The Bertz CT molecular complexity index is 569. The van der Waals surface area contributed by atoms with Crippen LogP contribution < -0.4 is 5.32 Å². The van der Waals surface area contributed by atoms with Gasteiger partial charge in [0.1, 0.15) is 0 Å². The van der Waals surface area contributed by atoms with Crippen molar-refractivity contribution in [2.45, 2.75) is 17.6 Å². The van der Waals surface area contributed by atoms with Crippen molar-refractivity contribution in [3.05, 3.63) is 45.6 Å². The van der Waals surface area contributed by atoms with E-state index in [1.807, 2.05) is 6.07 Å². The second kappa shape index (κ2) is 6.74. The molecule has 0 amide bonds. The number of alkyl halides is 3. The Hall–Kier alpha value is -0.850. The number of hydrogen-bond donors (Lipinski definition) is 1. The third-order valence-corrected chi connectivity index (χ3v) is 4.73. The molecule has 1 aromatic carbocycles. The number of para-hydroxylation sites is 1. The highest BCUT2D eigenvalue weighted by molar-refractivity contribution is 7.99. The maximum Gasteiger partial charge on any atom is 0.398 e. The average Bonchev–Trinajstić information content (AvgIpc) is 2.80. The summed E-state index contributed by atoms with van der Waals surface area (Å²) in [7, 11) is 0. The maximum atomic E-state index is 12.3. The van der Waals surface area contributed by atoms with E-state index < -0.39 is 11.9 Å². The highest BCUT2D eigenvalue weighted by Gasteiger charge is 2.27. The van der Waals surface area contributed by atoms with Crippen LogP contribution in [-0.4, -0.2) is 11.9 Å². The van der Waals surface area contributed by atoms with Crippen molar-refractivity contribution in [2.24, 2.45) is 0 Å². The van der Waals surface area contributed by atoms with Gasteiger partial charge in [-0.15, -0.1) is 23.1 Å². The second-order valence-electron chi connectivity index (χ2n) is 3.96. The molecule has 0 aliphatic carbocycles. The van der Waals surface area contributed by atoms with Gasteiger partial charge in [-0.2, -0.15) is 13.2 Å². The van der Waals surface area contributed by atoms with Crippen LogP contribution in [0.4, 0.5) is 18.9 Å². The van der Waals surface area contributed by atoms with Gasteiger partial charge in [0.25, 0.3) is 0 Å².